The van der Waals surface area contributed by atoms with Crippen LogP contribution >= 0.6 is 0 Å². The van der Waals surface area contributed by atoms with Crippen LogP contribution < -0.4 is 0 Å². The first-order valence-corrected chi connectivity index (χ1v) is 7.50. The molecule has 0 aliphatic carbocycles. The molecule has 0 saturated heterocycles. The molecular formula is C16H26N2O3. The Morgan fingerprint density at radius 1 is 1.33 bits per heavy atom. The first-order valence-electron chi connectivity index (χ1n) is 7.50. The Hall–Kier alpha value is -1.80. The summed E-state index contributed by atoms with van der Waals surface area (Å²) in [5.41, 5.74) is -0.0122. The highest BCUT2D eigenvalue weighted by Gasteiger charge is 2.08. The zero-order valence-corrected chi connectivity index (χ0v) is 13.0. The predicted octanol–water partition coefficient (Wildman–Crippen LogP) is 2.39. The van der Waals surface area contributed by atoms with Gasteiger partial charge < -0.3 is 14.7 Å². The molecule has 0 aromatic rings. The second-order valence-corrected chi connectivity index (χ2v) is 4.58. The summed E-state index contributed by atoms with van der Waals surface area (Å²) in [4.78, 5) is 13.6. The number of unbranched alkanes of at least 4 members (excludes halogenated alkanes) is 3. The van der Waals surface area contributed by atoms with E-state index in [1.165, 1.54) is 6.08 Å². The number of nitriles is 1. The van der Waals surface area contributed by atoms with E-state index in [0.717, 1.165) is 32.2 Å². The zero-order chi connectivity index (χ0) is 15.9. The molecule has 0 saturated carbocycles. The summed E-state index contributed by atoms with van der Waals surface area (Å²) in [6.45, 7) is 5.75. The molecule has 0 aliphatic rings. The normalized spacial score (nSPS) is 11.4. The quantitative estimate of drug-likeness (QED) is 0.208. The Morgan fingerprint density at radius 3 is 2.67 bits per heavy atom. The Labute approximate surface area is 127 Å². The van der Waals surface area contributed by atoms with Gasteiger partial charge in [0.2, 0.25) is 0 Å². The first-order chi connectivity index (χ1) is 10.2. The van der Waals surface area contributed by atoms with Crippen LogP contribution in [0, 0.1) is 11.3 Å². The molecule has 1 N–H and O–H groups in total. The fourth-order valence-electron chi connectivity index (χ4n) is 1.65. The number of nitrogens with zero attached hydrogens (tertiary/aromatic N) is 2. The summed E-state index contributed by atoms with van der Waals surface area (Å²) < 4.78 is 5.06. The fraction of sp³-hybridized carbons (Fsp3) is 0.625. The van der Waals surface area contributed by atoms with Crippen LogP contribution in [0.25, 0.3) is 0 Å². The highest BCUT2D eigenvalue weighted by atomic mass is 16.5. The van der Waals surface area contributed by atoms with Crippen molar-refractivity contribution in [3.05, 3.63) is 23.9 Å². The molecule has 0 aromatic carbocycles. The Morgan fingerprint density at radius 2 is 2.10 bits per heavy atom. The Kier molecular flexibility index (Phi) is 12.1. The third-order valence-electron chi connectivity index (χ3n) is 2.92. The number of allylic oxidation sites excluding steroid dienone is 2. The van der Waals surface area contributed by atoms with Crippen LogP contribution in [0.3, 0.4) is 0 Å². The van der Waals surface area contributed by atoms with Crippen LogP contribution in [0.1, 0.15) is 39.5 Å². The summed E-state index contributed by atoms with van der Waals surface area (Å²) in [6, 6.07) is 1.85. The minimum absolute atomic E-state index is 0.0122. The molecule has 5 heteroatoms. The molecular weight excluding hydrogens is 268 g/mol. The number of hydrogen-bond donors (Lipinski definition) is 1. The van der Waals surface area contributed by atoms with E-state index in [1.54, 1.807) is 12.3 Å². The monoisotopic (exact) mass is 294 g/mol. The van der Waals surface area contributed by atoms with Crippen LogP contribution in [0.4, 0.5) is 0 Å². The summed E-state index contributed by atoms with van der Waals surface area (Å²) in [6.07, 6.45) is 8.91. The van der Waals surface area contributed by atoms with Gasteiger partial charge in [0.25, 0.3) is 0 Å². The van der Waals surface area contributed by atoms with Crippen molar-refractivity contribution in [2.75, 3.05) is 26.3 Å². The number of hydrogen-bond acceptors (Lipinski definition) is 5. The molecule has 0 unspecified atom stereocenters. The maximum atomic E-state index is 11.7. The molecule has 118 valence electrons. The van der Waals surface area contributed by atoms with E-state index in [1.807, 2.05) is 17.9 Å². The van der Waals surface area contributed by atoms with E-state index < -0.39 is 5.97 Å². The zero-order valence-electron chi connectivity index (χ0n) is 13.0. The van der Waals surface area contributed by atoms with Crippen LogP contribution in [-0.4, -0.2) is 42.3 Å². The lowest BCUT2D eigenvalue weighted by molar-refractivity contribution is -0.138. The van der Waals surface area contributed by atoms with E-state index in [4.69, 9.17) is 15.1 Å². The molecule has 0 rings (SSSR count). The first kappa shape index (κ1) is 19.2. The average Bonchev–Trinajstić information content (AvgIpc) is 2.50. The number of carbonyl (C=O) groups is 1. The number of aliphatic hydroxyl groups is 1. The Bertz CT molecular complexity index is 383. The van der Waals surface area contributed by atoms with Crippen LogP contribution in [0.2, 0.25) is 0 Å². The van der Waals surface area contributed by atoms with Crippen molar-refractivity contribution in [2.45, 2.75) is 39.5 Å². The van der Waals surface area contributed by atoms with Crippen LogP contribution in [0.15, 0.2) is 23.9 Å². The predicted molar refractivity (Wildman–Crippen MR) is 82.3 cm³/mol. The summed E-state index contributed by atoms with van der Waals surface area (Å²) >= 11 is 0. The lowest BCUT2D eigenvalue weighted by atomic mass is 10.2. The number of carbonyl (C=O) groups excluding carboxylic acids is 1. The molecule has 0 amide bonds. The maximum Gasteiger partial charge on any atom is 0.348 e. The van der Waals surface area contributed by atoms with Gasteiger partial charge >= 0.3 is 5.97 Å². The van der Waals surface area contributed by atoms with Gasteiger partial charge in [0, 0.05) is 13.1 Å². The Balaban J connectivity index is 4.28. The maximum absolute atomic E-state index is 11.7. The number of esters is 1. The van der Waals surface area contributed by atoms with E-state index in [-0.39, 0.29) is 12.2 Å². The van der Waals surface area contributed by atoms with Gasteiger partial charge in [-0.2, -0.15) is 5.26 Å². The molecule has 0 aromatic heterocycles. The van der Waals surface area contributed by atoms with E-state index in [9.17, 15) is 4.79 Å². The lowest BCUT2D eigenvalue weighted by Crippen LogP contribution is -2.20. The molecule has 5 nitrogen and oxygen atoms in total. The number of ether oxygens (including phenoxy) is 1. The number of aliphatic hydroxyl groups excluding tert-OH is 1. The van der Waals surface area contributed by atoms with Crippen LogP contribution in [0.5, 0.6) is 0 Å². The van der Waals surface area contributed by atoms with Crippen molar-refractivity contribution in [3.8, 4) is 6.07 Å². The molecule has 0 spiro atoms. The molecule has 0 radical (unpaired) electrons. The second-order valence-electron chi connectivity index (χ2n) is 4.58. The van der Waals surface area contributed by atoms with Gasteiger partial charge in [0.1, 0.15) is 11.6 Å². The second kappa shape index (κ2) is 13.2. The van der Waals surface area contributed by atoms with Crippen molar-refractivity contribution in [3.63, 3.8) is 0 Å². The smallest absolute Gasteiger partial charge is 0.348 e. The standard InChI is InChI=1S/C16H26N2O3/c1-3-5-6-7-13-21-16(20)15(14-17)9-8-10-18(4-2)11-12-19/h8-10,19H,3-7,11-13H2,1-2H3. The summed E-state index contributed by atoms with van der Waals surface area (Å²) in [5.74, 6) is -0.580. The number of likely N-dealkylation sites (N-methyl/N-ethyl adjacent to an activating group) is 1. The molecule has 0 atom stereocenters. The highest BCUT2D eigenvalue weighted by Crippen LogP contribution is 2.02. The minimum Gasteiger partial charge on any atom is -0.462 e. The largest absolute Gasteiger partial charge is 0.462 e. The molecule has 0 aliphatic heterocycles. The van der Waals surface area contributed by atoms with E-state index >= 15 is 0 Å². The third kappa shape index (κ3) is 9.69. The average molecular weight is 294 g/mol. The van der Waals surface area contributed by atoms with Gasteiger partial charge in [-0.3, -0.25) is 0 Å². The fourth-order valence-corrected chi connectivity index (χ4v) is 1.65. The van der Waals surface area contributed by atoms with Gasteiger partial charge in [-0.05, 0) is 31.7 Å². The van der Waals surface area contributed by atoms with Crippen molar-refractivity contribution >= 4 is 5.97 Å². The van der Waals surface area contributed by atoms with Crippen molar-refractivity contribution in [1.29, 1.82) is 5.26 Å². The highest BCUT2D eigenvalue weighted by molar-refractivity contribution is 5.93. The van der Waals surface area contributed by atoms with Gasteiger partial charge in [-0.25, -0.2) is 4.79 Å². The molecule has 0 fully saturated rings. The lowest BCUT2D eigenvalue weighted by Gasteiger charge is -2.15. The van der Waals surface area contributed by atoms with E-state index in [0.29, 0.717) is 13.2 Å². The molecule has 0 heterocycles. The van der Waals surface area contributed by atoms with Crippen LogP contribution in [-0.2, 0) is 9.53 Å². The van der Waals surface area contributed by atoms with Gasteiger partial charge in [0.05, 0.1) is 13.2 Å². The van der Waals surface area contributed by atoms with Gasteiger partial charge in [0.15, 0.2) is 0 Å². The van der Waals surface area contributed by atoms with Crippen molar-refractivity contribution < 1.29 is 14.6 Å². The van der Waals surface area contributed by atoms with Crippen molar-refractivity contribution in [1.82, 2.24) is 4.90 Å². The summed E-state index contributed by atoms with van der Waals surface area (Å²) in [5, 5.41) is 17.8. The molecule has 21 heavy (non-hydrogen) atoms. The van der Waals surface area contributed by atoms with Gasteiger partial charge in [-0.1, -0.05) is 26.2 Å². The van der Waals surface area contributed by atoms with Gasteiger partial charge in [-0.15, -0.1) is 0 Å². The SMILES string of the molecule is CCCCCCOC(=O)C(C#N)=CC=CN(CC)CCO. The number of rotatable bonds is 11. The summed E-state index contributed by atoms with van der Waals surface area (Å²) in [7, 11) is 0. The van der Waals surface area contributed by atoms with Crippen molar-refractivity contribution in [2.24, 2.45) is 0 Å². The minimum atomic E-state index is -0.580. The molecule has 0 bridgehead atoms. The van der Waals surface area contributed by atoms with E-state index in [2.05, 4.69) is 6.92 Å². The topological polar surface area (TPSA) is 73.6 Å². The third-order valence-corrected chi connectivity index (χ3v) is 2.92.